The van der Waals surface area contributed by atoms with E-state index in [0.717, 1.165) is 67.9 Å². The molecule has 7 heteroatoms. The average molecular weight is 939 g/mol. The highest BCUT2D eigenvalue weighted by Crippen LogP contribution is 2.67. The number of unbranched alkanes of at least 4 members (excludes halogenated alkanes) is 9. The maximum absolute atomic E-state index is 6.44. The zero-order valence-electron chi connectivity index (χ0n) is 44.8. The number of hydrogen-bond donors (Lipinski definition) is 0. The molecule has 2 unspecified atom stereocenters. The number of hydrogen-bond acceptors (Lipinski definition) is 7. The Balaban J connectivity index is 0.828. The fraction of sp³-hybridized carbons (Fsp3) is 0.900. The van der Waals surface area contributed by atoms with Gasteiger partial charge in [-0.2, -0.15) is 0 Å². The lowest BCUT2D eigenvalue weighted by molar-refractivity contribution is -0.0696. The van der Waals surface area contributed by atoms with Crippen molar-refractivity contribution in [3.05, 3.63) is 36.0 Å². The minimum Gasteiger partial charge on any atom is -0.379 e. The summed E-state index contributed by atoms with van der Waals surface area (Å²) in [4.78, 5) is 2.52. The minimum atomic E-state index is 0.103. The summed E-state index contributed by atoms with van der Waals surface area (Å²) in [5.41, 5.74) is 2.66. The summed E-state index contributed by atoms with van der Waals surface area (Å²) in [5, 5.41) is 0. The summed E-state index contributed by atoms with van der Waals surface area (Å²) in [7, 11) is 0. The van der Waals surface area contributed by atoms with Crippen LogP contribution in [-0.2, 0) is 28.4 Å². The van der Waals surface area contributed by atoms with Crippen LogP contribution in [0.1, 0.15) is 202 Å². The molecule has 4 aliphatic carbocycles. The van der Waals surface area contributed by atoms with Gasteiger partial charge in [0, 0.05) is 13.2 Å². The van der Waals surface area contributed by atoms with Gasteiger partial charge in [0.2, 0.25) is 0 Å². The second kappa shape index (κ2) is 32.8. The lowest BCUT2D eigenvalue weighted by Crippen LogP contribution is -2.51. The van der Waals surface area contributed by atoms with Crippen molar-refractivity contribution in [2.24, 2.45) is 46.3 Å². The van der Waals surface area contributed by atoms with E-state index < -0.39 is 0 Å². The van der Waals surface area contributed by atoms with Crippen LogP contribution in [0.25, 0.3) is 0 Å². The minimum absolute atomic E-state index is 0.103. The van der Waals surface area contributed by atoms with Crippen LogP contribution < -0.4 is 0 Å². The molecule has 0 spiro atoms. The molecule has 0 N–H and O–H groups in total. The van der Waals surface area contributed by atoms with E-state index in [1.807, 2.05) is 0 Å². The van der Waals surface area contributed by atoms with E-state index in [2.05, 4.69) is 76.8 Å². The van der Waals surface area contributed by atoms with Gasteiger partial charge in [0.25, 0.3) is 0 Å². The Kier molecular flexibility index (Phi) is 27.8. The smallest absolute Gasteiger partial charge is 0.0936 e. The van der Waals surface area contributed by atoms with Gasteiger partial charge in [0.05, 0.1) is 71.7 Å². The molecule has 0 radical (unpaired) electrons. The quantitative estimate of drug-likeness (QED) is 0.0451. The summed E-state index contributed by atoms with van der Waals surface area (Å²) in [5.74, 6) is 5.33. The fourth-order valence-electron chi connectivity index (χ4n) is 13.7. The second-order valence-electron chi connectivity index (χ2n) is 23.0. The Labute approximate surface area is 414 Å². The van der Waals surface area contributed by atoms with Crippen LogP contribution in [0.15, 0.2) is 36.0 Å². The zero-order chi connectivity index (χ0) is 47.4. The number of ether oxygens (including phenoxy) is 6. The van der Waals surface area contributed by atoms with Crippen molar-refractivity contribution in [3.8, 4) is 0 Å². The van der Waals surface area contributed by atoms with Crippen molar-refractivity contribution in [2.45, 2.75) is 214 Å². The largest absolute Gasteiger partial charge is 0.379 e. The van der Waals surface area contributed by atoms with Gasteiger partial charge in [-0.1, -0.05) is 135 Å². The molecule has 0 aromatic rings. The van der Waals surface area contributed by atoms with Crippen molar-refractivity contribution in [1.29, 1.82) is 0 Å². The van der Waals surface area contributed by atoms with Crippen LogP contribution in [0.3, 0.4) is 0 Å². The van der Waals surface area contributed by atoms with Gasteiger partial charge in [0.15, 0.2) is 0 Å². The Hall–Kier alpha value is -1.06. The third kappa shape index (κ3) is 19.8. The molecule has 7 nitrogen and oxygen atoms in total. The van der Waals surface area contributed by atoms with Crippen molar-refractivity contribution in [2.75, 3.05) is 85.7 Å². The van der Waals surface area contributed by atoms with Crippen LogP contribution in [0, 0.1) is 46.3 Å². The molecular weight excluding hydrogens is 831 g/mol. The molecule has 3 saturated carbocycles. The van der Waals surface area contributed by atoms with Gasteiger partial charge in [0.1, 0.15) is 0 Å². The predicted molar refractivity (Wildman–Crippen MR) is 281 cm³/mol. The first-order chi connectivity index (χ1) is 32.7. The Bertz CT molecular complexity index is 1360. The van der Waals surface area contributed by atoms with Gasteiger partial charge in [-0.05, 0) is 162 Å². The summed E-state index contributed by atoms with van der Waals surface area (Å²) in [6, 6.07) is 0. The summed E-state index contributed by atoms with van der Waals surface area (Å²) in [6.45, 7) is 24.6. The predicted octanol–water partition coefficient (Wildman–Crippen LogP) is 14.8. The lowest BCUT2D eigenvalue weighted by atomic mass is 9.47. The molecule has 5 aliphatic rings. The SMILES string of the molecule is CCCCC/C=C\C/C=C\CCCCCCCCOCC(CN1CCCC1)OCCOCCOCCOCCOC1CC[C@@]2(C)C(=CC[C@H]3[C@@H]4CC[C@H]([C@H](C)CCCC(C)C)[C@@]4(C)CC[C@@H]32)C1. The van der Waals surface area contributed by atoms with Gasteiger partial charge in [-0.3, -0.25) is 0 Å². The zero-order valence-corrected chi connectivity index (χ0v) is 44.8. The molecule has 0 bridgehead atoms. The number of allylic oxidation sites excluding steroid dienone is 5. The molecular formula is C60H107NO6. The monoisotopic (exact) mass is 938 g/mol. The van der Waals surface area contributed by atoms with Crippen LogP contribution in [0.5, 0.6) is 0 Å². The van der Waals surface area contributed by atoms with Gasteiger partial charge >= 0.3 is 0 Å². The first kappa shape index (κ1) is 56.8. The van der Waals surface area contributed by atoms with Crippen LogP contribution in [0.2, 0.25) is 0 Å². The van der Waals surface area contributed by atoms with Gasteiger partial charge in [-0.25, -0.2) is 0 Å². The highest BCUT2D eigenvalue weighted by molar-refractivity contribution is 5.25. The lowest BCUT2D eigenvalue weighted by Gasteiger charge is -2.58. The first-order valence-electron chi connectivity index (χ1n) is 29.0. The Morgan fingerprint density at radius 1 is 0.657 bits per heavy atom. The van der Waals surface area contributed by atoms with E-state index in [1.54, 1.807) is 5.57 Å². The third-order valence-electron chi connectivity index (χ3n) is 17.6. The molecule has 1 aliphatic heterocycles. The molecule has 67 heavy (non-hydrogen) atoms. The highest BCUT2D eigenvalue weighted by atomic mass is 16.6. The second-order valence-corrected chi connectivity index (χ2v) is 23.0. The molecule has 0 aromatic heterocycles. The molecule has 5 rings (SSSR count). The number of fused-ring (bicyclic) bond motifs is 5. The van der Waals surface area contributed by atoms with Crippen molar-refractivity contribution >= 4 is 0 Å². The first-order valence-corrected chi connectivity index (χ1v) is 29.0. The molecule has 9 atom stereocenters. The van der Waals surface area contributed by atoms with E-state index in [0.29, 0.717) is 76.4 Å². The van der Waals surface area contributed by atoms with E-state index in [1.165, 1.54) is 154 Å². The Morgan fingerprint density at radius 3 is 2.04 bits per heavy atom. The van der Waals surface area contributed by atoms with Crippen molar-refractivity contribution < 1.29 is 28.4 Å². The molecule has 1 heterocycles. The highest BCUT2D eigenvalue weighted by Gasteiger charge is 2.59. The number of nitrogens with zero attached hydrogens (tertiary/aromatic N) is 1. The topological polar surface area (TPSA) is 58.6 Å². The third-order valence-corrected chi connectivity index (χ3v) is 17.6. The van der Waals surface area contributed by atoms with Crippen molar-refractivity contribution in [1.82, 2.24) is 4.90 Å². The average Bonchev–Trinajstić information content (AvgIpc) is 3.97. The summed E-state index contributed by atoms with van der Waals surface area (Å²) in [6.07, 6.45) is 45.3. The molecule has 388 valence electrons. The van der Waals surface area contributed by atoms with Crippen LogP contribution in [0.4, 0.5) is 0 Å². The summed E-state index contributed by atoms with van der Waals surface area (Å²) >= 11 is 0. The van der Waals surface area contributed by atoms with E-state index in [4.69, 9.17) is 28.4 Å². The fourth-order valence-corrected chi connectivity index (χ4v) is 13.7. The number of likely N-dealkylation sites (tertiary alicyclic amines) is 1. The molecule has 0 aromatic carbocycles. The van der Waals surface area contributed by atoms with Crippen LogP contribution >= 0.6 is 0 Å². The van der Waals surface area contributed by atoms with Crippen LogP contribution in [-0.4, -0.2) is 103 Å². The van der Waals surface area contributed by atoms with Gasteiger partial charge < -0.3 is 33.3 Å². The van der Waals surface area contributed by atoms with Crippen molar-refractivity contribution in [3.63, 3.8) is 0 Å². The molecule has 0 amide bonds. The maximum Gasteiger partial charge on any atom is 0.0936 e. The van der Waals surface area contributed by atoms with E-state index >= 15 is 0 Å². The Morgan fingerprint density at radius 2 is 1.33 bits per heavy atom. The summed E-state index contributed by atoms with van der Waals surface area (Å²) < 4.78 is 36.4. The standard InChI is InChI=1S/C60H107NO6/c1-7-8-9-10-11-12-13-14-15-16-17-18-19-20-21-24-38-65-49-54(48-61-36-22-23-37-61)67-46-44-64-42-40-62-39-41-63-43-45-66-53-32-34-59(5)52(47-53)28-29-55-57-31-30-56(51(4)27-25-26-50(2)3)60(57,6)35-33-58(55)59/h11-12,14-15,28,50-51,53-58H,7-10,13,16-27,29-49H2,1-6H3/b12-11-,15-14-/t51-,53?,54?,55+,56-,57+,58+,59+,60-/m1/s1. The molecule has 1 saturated heterocycles. The van der Waals surface area contributed by atoms with E-state index in [-0.39, 0.29) is 6.10 Å². The van der Waals surface area contributed by atoms with Gasteiger partial charge in [-0.15, -0.1) is 0 Å². The normalized spacial score (nSPS) is 28.6. The van der Waals surface area contributed by atoms with E-state index in [9.17, 15) is 0 Å². The number of rotatable bonds is 38. The molecule has 4 fully saturated rings. The maximum atomic E-state index is 6.44.